The maximum Gasteiger partial charge on any atom is 0.170 e. The van der Waals surface area contributed by atoms with E-state index >= 15 is 0 Å². The first kappa shape index (κ1) is 21.7. The first-order valence-corrected chi connectivity index (χ1v) is 9.08. The molecule has 8 heteroatoms. The van der Waals surface area contributed by atoms with Gasteiger partial charge in [0.25, 0.3) is 0 Å². The van der Waals surface area contributed by atoms with Gasteiger partial charge in [-0.2, -0.15) is 0 Å². The van der Waals surface area contributed by atoms with Crippen LogP contribution in [0.1, 0.15) is 26.2 Å². The highest BCUT2D eigenvalue weighted by Gasteiger charge is 2.15. The summed E-state index contributed by atoms with van der Waals surface area (Å²) in [6.45, 7) is 2.62. The maximum absolute atomic E-state index is 9.65. The summed E-state index contributed by atoms with van der Waals surface area (Å²) in [7, 11) is 3.32. The van der Waals surface area contributed by atoms with Gasteiger partial charge in [-0.15, -0.1) is 0 Å². The standard InChI is InChI=1S/C17H28N4O2S2/c1-12(24)20-13-7-9-14(10-8-13)21-17(25)19-11-5-4-6-15(18-2)16(22)23-3/h7-10,15-16,18,22H,4-6,11H2,1-3H3,(H,20,24)(H2,19,21,25)/t15-,16?/m0/s1. The summed E-state index contributed by atoms with van der Waals surface area (Å²) in [6.07, 6.45) is 1.97. The van der Waals surface area contributed by atoms with Crippen molar-refractivity contribution >= 4 is 45.9 Å². The Balaban J connectivity index is 2.23. The van der Waals surface area contributed by atoms with Crippen LogP contribution in [0, 0.1) is 0 Å². The van der Waals surface area contributed by atoms with E-state index in [1.165, 1.54) is 7.11 Å². The lowest BCUT2D eigenvalue weighted by atomic mass is 10.1. The minimum atomic E-state index is -0.778. The molecule has 5 N–H and O–H groups in total. The van der Waals surface area contributed by atoms with Crippen LogP contribution in [0.5, 0.6) is 0 Å². The second kappa shape index (κ2) is 12.1. The normalized spacial score (nSPS) is 13.0. The zero-order valence-electron chi connectivity index (χ0n) is 15.0. The Bertz CT molecular complexity index is 540. The van der Waals surface area contributed by atoms with Crippen LogP contribution in [0.3, 0.4) is 0 Å². The third-order valence-corrected chi connectivity index (χ3v) is 4.00. The van der Waals surface area contributed by atoms with Crippen LogP contribution in [0.25, 0.3) is 0 Å². The van der Waals surface area contributed by atoms with Gasteiger partial charge in [0.1, 0.15) is 0 Å². The van der Waals surface area contributed by atoms with E-state index in [2.05, 4.69) is 21.3 Å². The third-order valence-electron chi connectivity index (χ3n) is 3.65. The number of benzene rings is 1. The summed E-state index contributed by atoms with van der Waals surface area (Å²) < 4.78 is 4.93. The SMILES string of the molecule is CN[C@@H](CCCCNC(=S)Nc1ccc(NC(C)=S)cc1)C(O)OC. The summed E-state index contributed by atoms with van der Waals surface area (Å²) in [5, 5.41) is 22.7. The Kier molecular flexibility index (Phi) is 10.5. The van der Waals surface area contributed by atoms with E-state index in [0.29, 0.717) is 5.11 Å². The first-order chi connectivity index (χ1) is 12.0. The number of nitrogens with one attached hydrogen (secondary N) is 4. The number of aliphatic hydroxyl groups excluding tert-OH is 1. The van der Waals surface area contributed by atoms with Crippen LogP contribution in [-0.4, -0.2) is 48.2 Å². The Labute approximate surface area is 160 Å². The number of hydrogen-bond acceptors (Lipinski definition) is 5. The quantitative estimate of drug-likeness (QED) is 0.239. The van der Waals surface area contributed by atoms with E-state index in [-0.39, 0.29) is 6.04 Å². The summed E-state index contributed by atoms with van der Waals surface area (Å²) in [5.41, 5.74) is 1.87. The number of aliphatic hydroxyl groups is 1. The van der Waals surface area contributed by atoms with Crippen molar-refractivity contribution in [3.63, 3.8) is 0 Å². The summed E-state index contributed by atoms with van der Waals surface area (Å²) in [4.78, 5) is 0.733. The monoisotopic (exact) mass is 384 g/mol. The number of rotatable bonds is 10. The summed E-state index contributed by atoms with van der Waals surface area (Å²) in [6, 6.07) is 7.72. The number of ether oxygens (including phenoxy) is 1. The average Bonchev–Trinajstić information content (AvgIpc) is 2.58. The molecule has 1 rings (SSSR count). The molecule has 25 heavy (non-hydrogen) atoms. The predicted molar refractivity (Wildman–Crippen MR) is 112 cm³/mol. The Morgan fingerprint density at radius 2 is 1.72 bits per heavy atom. The van der Waals surface area contributed by atoms with Gasteiger partial charge in [0.15, 0.2) is 11.4 Å². The highest BCUT2D eigenvalue weighted by molar-refractivity contribution is 7.80. The van der Waals surface area contributed by atoms with Crippen LogP contribution < -0.4 is 21.3 Å². The second-order valence-corrected chi connectivity index (χ2v) is 6.68. The molecule has 0 saturated carbocycles. The van der Waals surface area contributed by atoms with Crippen LogP contribution in [0.4, 0.5) is 11.4 Å². The molecule has 0 aromatic heterocycles. The molecule has 0 radical (unpaired) electrons. The Hall–Kier alpha value is -1.32. The number of thiocarbonyl (C=S) groups is 2. The fourth-order valence-corrected chi connectivity index (χ4v) is 2.64. The molecule has 0 aliphatic rings. The van der Waals surface area contributed by atoms with Crippen molar-refractivity contribution < 1.29 is 9.84 Å². The number of methoxy groups -OCH3 is 1. The van der Waals surface area contributed by atoms with Crippen molar-refractivity contribution in [2.45, 2.75) is 38.5 Å². The molecule has 0 spiro atoms. The molecule has 0 fully saturated rings. The van der Waals surface area contributed by atoms with Gasteiger partial charge in [-0.1, -0.05) is 12.2 Å². The largest absolute Gasteiger partial charge is 0.367 e. The molecule has 1 aromatic rings. The van der Waals surface area contributed by atoms with Crippen molar-refractivity contribution in [2.24, 2.45) is 0 Å². The minimum Gasteiger partial charge on any atom is -0.367 e. The molecule has 0 saturated heterocycles. The Morgan fingerprint density at radius 3 is 2.24 bits per heavy atom. The van der Waals surface area contributed by atoms with Crippen LogP contribution in [-0.2, 0) is 4.74 Å². The minimum absolute atomic E-state index is 0.0572. The smallest absolute Gasteiger partial charge is 0.170 e. The fraction of sp³-hybridized carbons (Fsp3) is 0.529. The van der Waals surface area contributed by atoms with E-state index in [0.717, 1.165) is 42.2 Å². The highest BCUT2D eigenvalue weighted by Crippen LogP contribution is 2.13. The van der Waals surface area contributed by atoms with E-state index < -0.39 is 6.29 Å². The topological polar surface area (TPSA) is 77.6 Å². The molecule has 2 atom stereocenters. The van der Waals surface area contributed by atoms with Gasteiger partial charge in [0.2, 0.25) is 0 Å². The van der Waals surface area contributed by atoms with Crippen molar-refractivity contribution in [2.75, 3.05) is 31.3 Å². The van der Waals surface area contributed by atoms with Crippen LogP contribution >= 0.6 is 24.4 Å². The highest BCUT2D eigenvalue weighted by atomic mass is 32.1. The summed E-state index contributed by atoms with van der Waals surface area (Å²) in [5.74, 6) is 0. The molecule has 0 aliphatic carbocycles. The molecular weight excluding hydrogens is 356 g/mol. The average molecular weight is 385 g/mol. The van der Waals surface area contributed by atoms with Gasteiger partial charge in [-0.3, -0.25) is 0 Å². The van der Waals surface area contributed by atoms with Crippen molar-refractivity contribution in [1.82, 2.24) is 10.6 Å². The van der Waals surface area contributed by atoms with Gasteiger partial charge in [0.05, 0.1) is 11.0 Å². The van der Waals surface area contributed by atoms with E-state index in [1.54, 1.807) is 0 Å². The van der Waals surface area contributed by atoms with Gasteiger partial charge in [-0.25, -0.2) is 0 Å². The predicted octanol–water partition coefficient (Wildman–Crippen LogP) is 2.46. The zero-order chi connectivity index (χ0) is 18.7. The van der Waals surface area contributed by atoms with Gasteiger partial charge in [0, 0.05) is 25.0 Å². The van der Waals surface area contributed by atoms with Crippen molar-refractivity contribution in [3.8, 4) is 0 Å². The molecule has 0 heterocycles. The molecular formula is C17H28N4O2S2. The van der Waals surface area contributed by atoms with Gasteiger partial charge in [-0.05, 0) is 69.7 Å². The van der Waals surface area contributed by atoms with E-state index in [4.69, 9.17) is 29.2 Å². The van der Waals surface area contributed by atoms with Gasteiger partial charge >= 0.3 is 0 Å². The maximum atomic E-state index is 9.65. The molecule has 140 valence electrons. The number of hydrogen-bond donors (Lipinski definition) is 5. The number of unbranched alkanes of at least 4 members (excludes halogenated alkanes) is 1. The molecule has 6 nitrogen and oxygen atoms in total. The third kappa shape index (κ3) is 9.08. The van der Waals surface area contributed by atoms with Crippen LogP contribution in [0.2, 0.25) is 0 Å². The lowest BCUT2D eigenvalue weighted by Gasteiger charge is -2.21. The van der Waals surface area contributed by atoms with Gasteiger partial charge < -0.3 is 31.1 Å². The molecule has 0 amide bonds. The molecule has 1 aromatic carbocycles. The number of likely N-dealkylation sites (N-methyl/N-ethyl adjacent to an activating group) is 1. The van der Waals surface area contributed by atoms with Crippen LogP contribution in [0.15, 0.2) is 24.3 Å². The lowest BCUT2D eigenvalue weighted by molar-refractivity contribution is -0.0972. The molecule has 0 bridgehead atoms. The second-order valence-electron chi connectivity index (χ2n) is 5.66. The lowest BCUT2D eigenvalue weighted by Crippen LogP contribution is -2.38. The summed E-state index contributed by atoms with van der Waals surface area (Å²) >= 11 is 10.3. The zero-order valence-corrected chi connectivity index (χ0v) is 16.6. The Morgan fingerprint density at radius 1 is 1.12 bits per heavy atom. The molecule has 0 aliphatic heterocycles. The van der Waals surface area contributed by atoms with Crippen molar-refractivity contribution in [3.05, 3.63) is 24.3 Å². The number of anilines is 2. The fourth-order valence-electron chi connectivity index (χ4n) is 2.30. The van der Waals surface area contributed by atoms with E-state index in [1.807, 2.05) is 38.2 Å². The van der Waals surface area contributed by atoms with E-state index in [9.17, 15) is 5.11 Å². The first-order valence-electron chi connectivity index (χ1n) is 8.27. The van der Waals surface area contributed by atoms with Crippen molar-refractivity contribution in [1.29, 1.82) is 0 Å². The molecule has 1 unspecified atom stereocenters.